The number of halogens is 1. The highest BCUT2D eigenvalue weighted by atomic mass is 35.5. The van der Waals surface area contributed by atoms with Crippen LogP contribution in [0.15, 0.2) is 41.3 Å². The van der Waals surface area contributed by atoms with Crippen molar-refractivity contribution in [3.8, 4) is 5.75 Å². The number of hydrogen-bond acceptors (Lipinski definition) is 4. The predicted octanol–water partition coefficient (Wildman–Crippen LogP) is 3.19. The normalized spacial score (nSPS) is 10.2. The maximum absolute atomic E-state index is 11.9. The second kappa shape index (κ2) is 5.95. The molecule has 0 fully saturated rings. The third-order valence-corrected chi connectivity index (χ3v) is 3.38. The van der Waals surface area contributed by atoms with E-state index in [2.05, 4.69) is 9.71 Å². The number of amides is 1. The van der Waals surface area contributed by atoms with E-state index in [0.29, 0.717) is 5.56 Å². The molecule has 2 N–H and O–H groups in total. The summed E-state index contributed by atoms with van der Waals surface area (Å²) in [5.41, 5.74) is 1.07. The Bertz CT molecular complexity index is 619. The lowest BCUT2D eigenvalue weighted by Gasteiger charge is -2.06. The summed E-state index contributed by atoms with van der Waals surface area (Å²) in [5.74, 6) is -0.180. The third-order valence-electron chi connectivity index (χ3n) is 2.31. The van der Waals surface area contributed by atoms with Crippen LogP contribution in [-0.4, -0.2) is 16.0 Å². The second-order valence-corrected chi connectivity index (χ2v) is 5.06. The van der Waals surface area contributed by atoms with Gasteiger partial charge in [0, 0.05) is 10.6 Å². The van der Waals surface area contributed by atoms with Crippen molar-refractivity contribution in [1.29, 1.82) is 0 Å². The lowest BCUT2D eigenvalue weighted by Crippen LogP contribution is -2.16. The summed E-state index contributed by atoms with van der Waals surface area (Å²) in [5, 5.41) is 9.49. The molecule has 98 valence electrons. The minimum Gasteiger partial charge on any atom is -0.508 e. The molecule has 0 bridgehead atoms. The van der Waals surface area contributed by atoms with Crippen molar-refractivity contribution < 1.29 is 9.90 Å². The molecule has 1 heterocycles. The van der Waals surface area contributed by atoms with Crippen molar-refractivity contribution in [2.75, 3.05) is 0 Å². The highest BCUT2D eigenvalue weighted by Crippen LogP contribution is 2.21. The highest BCUT2D eigenvalue weighted by molar-refractivity contribution is 7.98. The van der Waals surface area contributed by atoms with Crippen molar-refractivity contribution in [3.63, 3.8) is 0 Å². The van der Waals surface area contributed by atoms with Gasteiger partial charge in [-0.15, -0.1) is 0 Å². The molecule has 0 radical (unpaired) electrons. The summed E-state index contributed by atoms with van der Waals surface area (Å²) >= 11 is 7.01. The van der Waals surface area contributed by atoms with Gasteiger partial charge in [0.05, 0.1) is 5.56 Å². The molecule has 2 aromatic rings. The summed E-state index contributed by atoms with van der Waals surface area (Å²) < 4.78 is 2.64. The monoisotopic (exact) mass is 294 g/mol. The number of carbonyl (C=O) groups is 1. The number of benzene rings is 1. The third kappa shape index (κ3) is 3.62. The van der Waals surface area contributed by atoms with Gasteiger partial charge in [-0.2, -0.15) is 0 Å². The van der Waals surface area contributed by atoms with Crippen molar-refractivity contribution in [3.05, 3.63) is 52.8 Å². The fourth-order valence-electron chi connectivity index (χ4n) is 1.40. The number of aromatic nitrogens is 1. The Morgan fingerprint density at radius 2 is 2.16 bits per heavy atom. The van der Waals surface area contributed by atoms with E-state index >= 15 is 0 Å². The Morgan fingerprint density at radius 1 is 1.37 bits per heavy atom. The van der Waals surface area contributed by atoms with Crippen LogP contribution in [0.25, 0.3) is 0 Å². The number of nitrogens with zero attached hydrogens (tertiary/aromatic N) is 1. The Morgan fingerprint density at radius 3 is 2.84 bits per heavy atom. The molecule has 1 aromatic carbocycles. The van der Waals surface area contributed by atoms with Gasteiger partial charge in [-0.3, -0.25) is 9.52 Å². The molecular weight excluding hydrogens is 284 g/mol. The van der Waals surface area contributed by atoms with E-state index in [-0.39, 0.29) is 16.8 Å². The minimum atomic E-state index is -0.328. The molecule has 0 unspecified atom stereocenters. The van der Waals surface area contributed by atoms with Crippen LogP contribution < -0.4 is 4.72 Å². The maximum Gasteiger partial charge on any atom is 0.264 e. The summed E-state index contributed by atoms with van der Waals surface area (Å²) in [6.45, 7) is 1.80. The number of phenols is 1. The van der Waals surface area contributed by atoms with E-state index in [4.69, 9.17) is 11.6 Å². The summed E-state index contributed by atoms with van der Waals surface area (Å²) in [4.78, 5) is 16.7. The summed E-state index contributed by atoms with van der Waals surface area (Å²) in [6.07, 6.45) is 0. The molecular formula is C13H11ClN2O2S. The Balaban J connectivity index is 2.05. The smallest absolute Gasteiger partial charge is 0.264 e. The van der Waals surface area contributed by atoms with E-state index in [0.717, 1.165) is 22.5 Å². The van der Waals surface area contributed by atoms with Crippen molar-refractivity contribution in [2.45, 2.75) is 11.8 Å². The minimum absolute atomic E-state index is 0.147. The molecule has 0 aliphatic heterocycles. The van der Waals surface area contributed by atoms with Gasteiger partial charge in [0.15, 0.2) is 0 Å². The van der Waals surface area contributed by atoms with Crippen LogP contribution in [0.3, 0.4) is 0 Å². The molecule has 2 rings (SSSR count). The van der Waals surface area contributed by atoms with Crippen molar-refractivity contribution in [2.24, 2.45) is 0 Å². The zero-order chi connectivity index (χ0) is 13.8. The number of pyridine rings is 1. The first-order valence-electron chi connectivity index (χ1n) is 5.45. The highest BCUT2D eigenvalue weighted by Gasteiger charge is 2.11. The zero-order valence-corrected chi connectivity index (χ0v) is 11.6. The van der Waals surface area contributed by atoms with Crippen molar-refractivity contribution >= 4 is 29.5 Å². The average Bonchev–Trinajstić information content (AvgIpc) is 2.36. The zero-order valence-electron chi connectivity index (χ0n) is 10.1. The predicted molar refractivity (Wildman–Crippen MR) is 75.4 cm³/mol. The fraction of sp³-hybridized carbons (Fsp3) is 0.0769. The molecule has 19 heavy (non-hydrogen) atoms. The quantitative estimate of drug-likeness (QED) is 0.674. The van der Waals surface area contributed by atoms with E-state index in [9.17, 15) is 9.90 Å². The van der Waals surface area contributed by atoms with Gasteiger partial charge in [-0.1, -0.05) is 17.7 Å². The number of phenolic OH excluding ortho intramolecular Hbond substituents is 1. The number of aryl methyl sites for hydroxylation is 1. The first kappa shape index (κ1) is 13.7. The van der Waals surface area contributed by atoms with Gasteiger partial charge in [0.25, 0.3) is 5.91 Å². The van der Waals surface area contributed by atoms with E-state index in [1.165, 1.54) is 0 Å². The first-order valence-corrected chi connectivity index (χ1v) is 6.65. The largest absolute Gasteiger partial charge is 0.508 e. The molecule has 0 spiro atoms. The molecule has 1 amide bonds. The standard InChI is InChI=1S/C13H11ClN2O2S/c1-8-5-6-11(12(14)15-8)13(18)16-19-10-4-2-3-9(17)7-10/h2-7,17H,1H3,(H,16,18). The van der Waals surface area contributed by atoms with Crippen LogP contribution >= 0.6 is 23.5 Å². The summed E-state index contributed by atoms with van der Waals surface area (Å²) in [7, 11) is 0. The number of hydrogen-bond donors (Lipinski definition) is 2. The van der Waals surface area contributed by atoms with Gasteiger partial charge >= 0.3 is 0 Å². The molecule has 6 heteroatoms. The molecule has 0 aliphatic rings. The lowest BCUT2D eigenvalue weighted by atomic mass is 10.2. The van der Waals surface area contributed by atoms with Gasteiger partial charge in [-0.05, 0) is 49.2 Å². The number of carbonyl (C=O) groups excluding carboxylic acids is 1. The van der Waals surface area contributed by atoms with Gasteiger partial charge in [0.1, 0.15) is 10.9 Å². The number of aromatic hydroxyl groups is 1. The topological polar surface area (TPSA) is 62.2 Å². The molecule has 0 aliphatic carbocycles. The van der Waals surface area contributed by atoms with E-state index in [1.807, 2.05) is 0 Å². The van der Waals surface area contributed by atoms with Crippen LogP contribution in [-0.2, 0) is 0 Å². The second-order valence-electron chi connectivity index (χ2n) is 3.82. The number of rotatable bonds is 3. The summed E-state index contributed by atoms with van der Waals surface area (Å²) in [6, 6.07) is 9.94. The Kier molecular flexibility index (Phi) is 4.29. The van der Waals surface area contributed by atoms with Gasteiger partial charge in [0.2, 0.25) is 0 Å². The van der Waals surface area contributed by atoms with Gasteiger partial charge < -0.3 is 5.11 Å². The SMILES string of the molecule is Cc1ccc(C(=O)NSc2cccc(O)c2)c(Cl)n1. The molecule has 0 saturated carbocycles. The molecule has 1 aromatic heterocycles. The van der Waals surface area contributed by atoms with Crippen LogP contribution in [0.2, 0.25) is 5.15 Å². The Labute approximate surface area is 120 Å². The average molecular weight is 295 g/mol. The van der Waals surface area contributed by atoms with Crippen LogP contribution in [0.1, 0.15) is 16.1 Å². The van der Waals surface area contributed by atoms with E-state index < -0.39 is 0 Å². The van der Waals surface area contributed by atoms with Crippen LogP contribution in [0, 0.1) is 6.92 Å². The maximum atomic E-state index is 11.9. The fourth-order valence-corrected chi connectivity index (χ4v) is 2.33. The first-order chi connectivity index (χ1) is 9.06. The van der Waals surface area contributed by atoms with Crippen LogP contribution in [0.5, 0.6) is 5.75 Å². The Hall–Kier alpha value is -1.72. The van der Waals surface area contributed by atoms with Gasteiger partial charge in [-0.25, -0.2) is 4.98 Å². The molecule has 4 nitrogen and oxygen atoms in total. The van der Waals surface area contributed by atoms with Crippen LogP contribution in [0.4, 0.5) is 0 Å². The van der Waals surface area contributed by atoms with Crippen molar-refractivity contribution in [1.82, 2.24) is 9.71 Å². The molecule has 0 saturated heterocycles. The molecule has 0 atom stereocenters. The lowest BCUT2D eigenvalue weighted by molar-refractivity contribution is 0.0984. The van der Waals surface area contributed by atoms with E-state index in [1.54, 1.807) is 43.3 Å². The number of nitrogens with one attached hydrogen (secondary N) is 1.